The highest BCUT2D eigenvalue weighted by Gasteiger charge is 2.36. The van der Waals surface area contributed by atoms with Crippen molar-refractivity contribution in [1.29, 1.82) is 0 Å². The lowest BCUT2D eigenvalue weighted by molar-refractivity contribution is -0.147. The van der Waals surface area contributed by atoms with Gasteiger partial charge < -0.3 is 10.2 Å². The van der Waals surface area contributed by atoms with E-state index in [1.165, 1.54) is 4.90 Å². The van der Waals surface area contributed by atoms with Crippen LogP contribution in [0.15, 0.2) is 0 Å². The first-order chi connectivity index (χ1) is 11.2. The summed E-state index contributed by atoms with van der Waals surface area (Å²) in [7, 11) is -3.16. The SMILES string of the molecule is CCN(C(=O)C(=O)NCCN1C(=O)CSC1=O)C1CCS(=O)(=O)C1. The van der Waals surface area contributed by atoms with E-state index in [1.54, 1.807) is 6.92 Å². The van der Waals surface area contributed by atoms with Gasteiger partial charge in [0.25, 0.3) is 5.24 Å². The van der Waals surface area contributed by atoms with E-state index in [4.69, 9.17) is 0 Å². The smallest absolute Gasteiger partial charge is 0.312 e. The number of hydrogen-bond donors (Lipinski definition) is 1. The average Bonchev–Trinajstić information content (AvgIpc) is 3.03. The van der Waals surface area contributed by atoms with Gasteiger partial charge in [-0.2, -0.15) is 0 Å². The van der Waals surface area contributed by atoms with Gasteiger partial charge in [-0.1, -0.05) is 11.8 Å². The van der Waals surface area contributed by atoms with Crippen LogP contribution < -0.4 is 5.32 Å². The summed E-state index contributed by atoms with van der Waals surface area (Å²) in [6, 6.07) is -0.489. The normalized spacial score (nSPS) is 22.7. The van der Waals surface area contributed by atoms with E-state index in [2.05, 4.69) is 5.32 Å². The van der Waals surface area contributed by atoms with Crippen LogP contribution >= 0.6 is 11.8 Å². The van der Waals surface area contributed by atoms with E-state index in [0.29, 0.717) is 6.42 Å². The van der Waals surface area contributed by atoms with Crippen molar-refractivity contribution >= 4 is 44.6 Å². The molecule has 24 heavy (non-hydrogen) atoms. The maximum absolute atomic E-state index is 12.2. The van der Waals surface area contributed by atoms with Crippen LogP contribution in [0.3, 0.4) is 0 Å². The quantitative estimate of drug-likeness (QED) is 0.600. The lowest BCUT2D eigenvalue weighted by Crippen LogP contribution is -2.49. The molecule has 0 aromatic carbocycles. The number of thioether (sulfide) groups is 1. The summed E-state index contributed by atoms with van der Waals surface area (Å²) in [6.07, 6.45) is 0.323. The summed E-state index contributed by atoms with van der Waals surface area (Å²) in [4.78, 5) is 49.3. The Morgan fingerprint density at radius 2 is 2.08 bits per heavy atom. The number of carbonyl (C=O) groups is 4. The van der Waals surface area contributed by atoms with Crippen LogP contribution in [0.4, 0.5) is 4.79 Å². The molecule has 1 atom stereocenters. The second-order valence-corrected chi connectivity index (χ2v) is 8.66. The van der Waals surface area contributed by atoms with Gasteiger partial charge in [0, 0.05) is 25.7 Å². The lowest BCUT2D eigenvalue weighted by Gasteiger charge is -2.26. The highest BCUT2D eigenvalue weighted by Crippen LogP contribution is 2.18. The zero-order valence-corrected chi connectivity index (χ0v) is 14.8. The maximum atomic E-state index is 12.2. The van der Waals surface area contributed by atoms with Crippen molar-refractivity contribution in [2.45, 2.75) is 19.4 Å². The molecule has 1 unspecified atom stereocenters. The minimum absolute atomic E-state index is 0.00756. The number of imide groups is 1. The predicted molar refractivity (Wildman–Crippen MR) is 87.0 cm³/mol. The minimum atomic E-state index is -3.16. The van der Waals surface area contributed by atoms with Gasteiger partial charge in [-0.15, -0.1) is 0 Å². The van der Waals surface area contributed by atoms with E-state index in [9.17, 15) is 27.6 Å². The molecule has 11 heteroatoms. The zero-order chi connectivity index (χ0) is 17.9. The second kappa shape index (κ2) is 7.51. The fourth-order valence-electron chi connectivity index (χ4n) is 2.67. The Balaban J connectivity index is 1.85. The fourth-order valence-corrected chi connectivity index (χ4v) is 5.16. The van der Waals surface area contributed by atoms with Gasteiger partial charge in [-0.05, 0) is 13.3 Å². The Morgan fingerprint density at radius 1 is 1.38 bits per heavy atom. The molecule has 2 aliphatic rings. The molecule has 134 valence electrons. The molecule has 0 aromatic heterocycles. The van der Waals surface area contributed by atoms with Gasteiger partial charge in [0.1, 0.15) is 0 Å². The van der Waals surface area contributed by atoms with Gasteiger partial charge in [0.15, 0.2) is 9.84 Å². The van der Waals surface area contributed by atoms with Gasteiger partial charge in [0.2, 0.25) is 5.91 Å². The Labute approximate surface area is 144 Å². The summed E-state index contributed by atoms with van der Waals surface area (Å²) in [5, 5.41) is 2.01. The third-order valence-corrected chi connectivity index (χ3v) is 6.52. The summed E-state index contributed by atoms with van der Waals surface area (Å²) < 4.78 is 23.0. The van der Waals surface area contributed by atoms with E-state index in [1.807, 2.05) is 0 Å². The number of amides is 4. The molecule has 0 aliphatic carbocycles. The van der Waals surface area contributed by atoms with Gasteiger partial charge in [-0.25, -0.2) is 8.42 Å². The van der Waals surface area contributed by atoms with Crippen molar-refractivity contribution in [2.24, 2.45) is 0 Å². The van der Waals surface area contributed by atoms with Crippen LogP contribution in [0.5, 0.6) is 0 Å². The van der Waals surface area contributed by atoms with Crippen molar-refractivity contribution in [3.63, 3.8) is 0 Å². The highest BCUT2D eigenvalue weighted by atomic mass is 32.2. The molecule has 2 heterocycles. The van der Waals surface area contributed by atoms with Crippen molar-refractivity contribution in [3.8, 4) is 0 Å². The molecular formula is C13H19N3O6S2. The highest BCUT2D eigenvalue weighted by molar-refractivity contribution is 8.14. The molecule has 9 nitrogen and oxygen atoms in total. The monoisotopic (exact) mass is 377 g/mol. The predicted octanol–water partition coefficient (Wildman–Crippen LogP) is -1.17. The largest absolute Gasteiger partial charge is 0.346 e. The Morgan fingerprint density at radius 3 is 2.58 bits per heavy atom. The van der Waals surface area contributed by atoms with Crippen molar-refractivity contribution in [2.75, 3.05) is 36.9 Å². The molecule has 2 rings (SSSR count). The summed E-state index contributed by atoms with van der Waals surface area (Å²) in [6.45, 7) is 1.89. The van der Waals surface area contributed by atoms with Crippen LogP contribution in [0.2, 0.25) is 0 Å². The van der Waals surface area contributed by atoms with Crippen LogP contribution in [0.1, 0.15) is 13.3 Å². The van der Waals surface area contributed by atoms with E-state index in [-0.39, 0.29) is 48.0 Å². The standard InChI is InChI=1S/C13H19N3O6S2/c1-2-15(9-3-6-24(21,22)8-9)12(19)11(18)14-4-5-16-10(17)7-23-13(16)20/h9H,2-8H2,1H3,(H,14,18). The number of likely N-dealkylation sites (N-methyl/N-ethyl adjacent to an activating group) is 1. The molecule has 2 saturated heterocycles. The van der Waals surface area contributed by atoms with E-state index in [0.717, 1.165) is 16.7 Å². The Kier molecular flexibility index (Phi) is 5.86. The molecule has 2 aliphatic heterocycles. The zero-order valence-electron chi connectivity index (χ0n) is 13.2. The molecule has 0 bridgehead atoms. The molecule has 1 N–H and O–H groups in total. The number of nitrogens with zero attached hydrogens (tertiary/aromatic N) is 2. The van der Waals surface area contributed by atoms with E-state index >= 15 is 0 Å². The molecule has 0 saturated carbocycles. The second-order valence-electron chi connectivity index (χ2n) is 5.50. The summed E-state index contributed by atoms with van der Waals surface area (Å²) in [5.74, 6) is -2.02. The van der Waals surface area contributed by atoms with Gasteiger partial charge >= 0.3 is 11.8 Å². The van der Waals surface area contributed by atoms with Crippen LogP contribution in [0, 0.1) is 0 Å². The number of rotatable bonds is 5. The van der Waals surface area contributed by atoms with Gasteiger partial charge in [0.05, 0.1) is 17.3 Å². The molecular weight excluding hydrogens is 358 g/mol. The lowest BCUT2D eigenvalue weighted by atomic mass is 10.2. The molecule has 4 amide bonds. The first-order valence-corrected chi connectivity index (χ1v) is 10.3. The molecule has 0 radical (unpaired) electrons. The number of hydrogen-bond acceptors (Lipinski definition) is 7. The van der Waals surface area contributed by atoms with Crippen LogP contribution in [-0.2, 0) is 24.2 Å². The Hall–Kier alpha value is -1.62. The van der Waals surface area contributed by atoms with Gasteiger partial charge in [-0.3, -0.25) is 24.1 Å². The van der Waals surface area contributed by atoms with Crippen molar-refractivity contribution in [3.05, 3.63) is 0 Å². The minimum Gasteiger partial charge on any atom is -0.346 e. The fraction of sp³-hybridized carbons (Fsp3) is 0.692. The summed E-state index contributed by atoms with van der Waals surface area (Å²) >= 11 is 0.896. The topological polar surface area (TPSA) is 121 Å². The van der Waals surface area contributed by atoms with Crippen LogP contribution in [-0.4, -0.2) is 84.1 Å². The van der Waals surface area contributed by atoms with Crippen molar-refractivity contribution < 1.29 is 27.6 Å². The molecule has 0 spiro atoms. The Bertz CT molecular complexity index is 647. The van der Waals surface area contributed by atoms with Crippen LogP contribution in [0.25, 0.3) is 0 Å². The first-order valence-electron chi connectivity index (χ1n) is 7.51. The third kappa shape index (κ3) is 4.26. The number of carbonyl (C=O) groups excluding carboxylic acids is 4. The van der Waals surface area contributed by atoms with E-state index < -0.39 is 27.7 Å². The van der Waals surface area contributed by atoms with Crippen molar-refractivity contribution in [1.82, 2.24) is 15.1 Å². The first kappa shape index (κ1) is 18.7. The average molecular weight is 377 g/mol. The molecule has 0 aromatic rings. The number of nitrogens with one attached hydrogen (secondary N) is 1. The molecule has 2 fully saturated rings. The summed E-state index contributed by atoms with van der Waals surface area (Å²) in [5.41, 5.74) is 0. The number of sulfone groups is 1. The maximum Gasteiger partial charge on any atom is 0.312 e. The third-order valence-electron chi connectivity index (χ3n) is 3.91.